The number of carbonyl (C=O) groups is 2. The van der Waals surface area contributed by atoms with Crippen LogP contribution in [0.25, 0.3) is 6.08 Å². The summed E-state index contributed by atoms with van der Waals surface area (Å²) < 4.78 is 16.6. The maximum atomic E-state index is 12.6. The molecule has 2 aromatic carbocycles. The van der Waals surface area contributed by atoms with Gasteiger partial charge in [-0.25, -0.2) is 0 Å². The number of fused-ring (bicyclic) bond motifs is 1. The Morgan fingerprint density at radius 1 is 1.15 bits per heavy atom. The Bertz CT molecular complexity index is 907. The van der Waals surface area contributed by atoms with Gasteiger partial charge in [0.05, 0.1) is 18.1 Å². The molecule has 2 aromatic rings. The molecule has 0 bridgehead atoms. The lowest BCUT2D eigenvalue weighted by molar-refractivity contribution is -0.137. The number of benzene rings is 2. The molecule has 1 heterocycles. The standard InChI is InChI=1S/C22H22O5/c1-5-25-16-8-6-15(7-9-16)12-19-20(23)17-10-11-18(14(4)21(17)26-19)27-22(24)13(2)3/h6-13H,5H2,1-4H3/b19-12-. The van der Waals surface area contributed by atoms with Crippen molar-refractivity contribution >= 4 is 17.8 Å². The summed E-state index contributed by atoms with van der Waals surface area (Å²) in [7, 11) is 0. The van der Waals surface area contributed by atoms with Crippen LogP contribution in [-0.4, -0.2) is 18.4 Å². The van der Waals surface area contributed by atoms with Crippen LogP contribution in [0, 0.1) is 12.8 Å². The largest absolute Gasteiger partial charge is 0.494 e. The molecule has 0 aliphatic carbocycles. The van der Waals surface area contributed by atoms with Crippen molar-refractivity contribution in [2.45, 2.75) is 27.7 Å². The Balaban J connectivity index is 1.86. The smallest absolute Gasteiger partial charge is 0.313 e. The normalized spacial score (nSPS) is 14.3. The highest BCUT2D eigenvalue weighted by Crippen LogP contribution is 2.39. The van der Waals surface area contributed by atoms with Gasteiger partial charge in [0.15, 0.2) is 5.76 Å². The summed E-state index contributed by atoms with van der Waals surface area (Å²) in [6.07, 6.45) is 1.69. The molecule has 0 radical (unpaired) electrons. The highest BCUT2D eigenvalue weighted by atomic mass is 16.5. The first-order chi connectivity index (χ1) is 12.9. The van der Waals surface area contributed by atoms with Crippen LogP contribution < -0.4 is 14.2 Å². The number of rotatable bonds is 5. The molecule has 1 aliphatic heterocycles. The number of Topliss-reactive ketones (excluding diaryl/α,β-unsaturated/α-hetero) is 1. The highest BCUT2D eigenvalue weighted by Gasteiger charge is 2.30. The third-order valence-electron chi connectivity index (χ3n) is 4.21. The fourth-order valence-corrected chi connectivity index (χ4v) is 2.68. The second-order valence-corrected chi connectivity index (χ2v) is 6.58. The molecular weight excluding hydrogens is 344 g/mol. The van der Waals surface area contributed by atoms with E-state index in [0.29, 0.717) is 29.2 Å². The van der Waals surface area contributed by atoms with E-state index in [1.807, 2.05) is 31.2 Å². The van der Waals surface area contributed by atoms with Gasteiger partial charge in [-0.3, -0.25) is 9.59 Å². The van der Waals surface area contributed by atoms with Crippen molar-refractivity contribution in [2.75, 3.05) is 6.61 Å². The zero-order chi connectivity index (χ0) is 19.6. The van der Waals surface area contributed by atoms with E-state index in [1.54, 1.807) is 39.0 Å². The molecule has 0 aromatic heterocycles. The number of allylic oxidation sites excluding steroid dienone is 1. The Labute approximate surface area is 158 Å². The maximum absolute atomic E-state index is 12.6. The van der Waals surface area contributed by atoms with E-state index < -0.39 is 0 Å². The van der Waals surface area contributed by atoms with Crippen molar-refractivity contribution in [1.29, 1.82) is 0 Å². The number of carbonyl (C=O) groups excluding carboxylic acids is 2. The summed E-state index contributed by atoms with van der Waals surface area (Å²) in [5.74, 6) is 1.10. The minimum atomic E-state index is -0.326. The van der Waals surface area contributed by atoms with Gasteiger partial charge in [-0.2, -0.15) is 0 Å². The molecule has 0 fully saturated rings. The van der Waals surface area contributed by atoms with Gasteiger partial charge in [0, 0.05) is 5.56 Å². The van der Waals surface area contributed by atoms with Gasteiger partial charge in [-0.05, 0) is 49.8 Å². The van der Waals surface area contributed by atoms with Crippen LogP contribution in [0.1, 0.15) is 42.3 Å². The summed E-state index contributed by atoms with van der Waals surface area (Å²) in [4.78, 5) is 24.5. The zero-order valence-electron chi connectivity index (χ0n) is 15.9. The van der Waals surface area contributed by atoms with E-state index in [-0.39, 0.29) is 23.4 Å². The van der Waals surface area contributed by atoms with Crippen LogP contribution >= 0.6 is 0 Å². The SMILES string of the molecule is CCOc1ccc(/C=C2\Oc3c(ccc(OC(=O)C(C)C)c3C)C2=O)cc1. The molecule has 0 spiro atoms. The van der Waals surface area contributed by atoms with Crippen molar-refractivity contribution in [1.82, 2.24) is 0 Å². The highest BCUT2D eigenvalue weighted by molar-refractivity contribution is 6.15. The summed E-state index contributed by atoms with van der Waals surface area (Å²) in [6.45, 7) is 7.83. The van der Waals surface area contributed by atoms with Crippen LogP contribution in [0.3, 0.4) is 0 Å². The third kappa shape index (κ3) is 3.87. The van der Waals surface area contributed by atoms with Crippen LogP contribution in [0.5, 0.6) is 17.2 Å². The van der Waals surface area contributed by atoms with E-state index in [9.17, 15) is 9.59 Å². The lowest BCUT2D eigenvalue weighted by Gasteiger charge is -2.11. The second kappa shape index (κ2) is 7.66. The van der Waals surface area contributed by atoms with Crippen molar-refractivity contribution in [3.63, 3.8) is 0 Å². The van der Waals surface area contributed by atoms with E-state index >= 15 is 0 Å². The molecule has 1 aliphatic rings. The number of ketones is 1. The van der Waals surface area contributed by atoms with E-state index in [4.69, 9.17) is 14.2 Å². The summed E-state index contributed by atoms with van der Waals surface area (Å²) in [5, 5.41) is 0. The molecule has 3 rings (SSSR count). The first-order valence-electron chi connectivity index (χ1n) is 8.93. The number of hydrogen-bond donors (Lipinski definition) is 0. The van der Waals surface area contributed by atoms with Gasteiger partial charge in [0.1, 0.15) is 17.2 Å². The number of hydrogen-bond acceptors (Lipinski definition) is 5. The number of esters is 1. The first kappa shape index (κ1) is 18.7. The average molecular weight is 366 g/mol. The van der Waals surface area contributed by atoms with Gasteiger partial charge in [-0.1, -0.05) is 26.0 Å². The lowest BCUT2D eigenvalue weighted by atomic mass is 10.1. The fourth-order valence-electron chi connectivity index (χ4n) is 2.68. The van der Waals surface area contributed by atoms with Crippen LogP contribution in [0.15, 0.2) is 42.2 Å². The second-order valence-electron chi connectivity index (χ2n) is 6.58. The minimum Gasteiger partial charge on any atom is -0.494 e. The van der Waals surface area contributed by atoms with E-state index in [2.05, 4.69) is 0 Å². The Morgan fingerprint density at radius 2 is 1.85 bits per heavy atom. The van der Waals surface area contributed by atoms with Gasteiger partial charge < -0.3 is 14.2 Å². The average Bonchev–Trinajstić information content (AvgIpc) is 2.96. The van der Waals surface area contributed by atoms with Crippen molar-refractivity contribution in [3.8, 4) is 17.2 Å². The molecule has 0 saturated heterocycles. The predicted molar refractivity (Wildman–Crippen MR) is 102 cm³/mol. The fraction of sp³-hybridized carbons (Fsp3) is 0.273. The lowest BCUT2D eigenvalue weighted by Crippen LogP contribution is -2.15. The van der Waals surface area contributed by atoms with Gasteiger partial charge in [0.2, 0.25) is 5.78 Å². The van der Waals surface area contributed by atoms with E-state index in [0.717, 1.165) is 11.3 Å². The van der Waals surface area contributed by atoms with Gasteiger partial charge in [-0.15, -0.1) is 0 Å². The monoisotopic (exact) mass is 366 g/mol. The Hall–Kier alpha value is -3.08. The molecule has 0 N–H and O–H groups in total. The molecular formula is C22H22O5. The predicted octanol–water partition coefficient (Wildman–Crippen LogP) is 4.57. The third-order valence-corrected chi connectivity index (χ3v) is 4.21. The summed E-state index contributed by atoms with van der Waals surface area (Å²) in [6, 6.07) is 10.7. The van der Waals surface area contributed by atoms with Crippen molar-refractivity contribution in [3.05, 3.63) is 58.8 Å². The minimum absolute atomic E-state index is 0.191. The summed E-state index contributed by atoms with van der Waals surface area (Å²) in [5.41, 5.74) is 1.93. The van der Waals surface area contributed by atoms with Crippen molar-refractivity contribution < 1.29 is 23.8 Å². The molecule has 0 saturated carbocycles. The maximum Gasteiger partial charge on any atom is 0.313 e. The van der Waals surface area contributed by atoms with E-state index in [1.165, 1.54) is 0 Å². The Morgan fingerprint density at radius 3 is 2.48 bits per heavy atom. The van der Waals surface area contributed by atoms with Crippen molar-refractivity contribution in [2.24, 2.45) is 5.92 Å². The van der Waals surface area contributed by atoms with Crippen LogP contribution in [0.4, 0.5) is 0 Å². The molecule has 5 nitrogen and oxygen atoms in total. The molecule has 0 amide bonds. The molecule has 140 valence electrons. The molecule has 5 heteroatoms. The molecule has 27 heavy (non-hydrogen) atoms. The molecule has 0 atom stereocenters. The number of ether oxygens (including phenoxy) is 3. The van der Waals surface area contributed by atoms with Crippen LogP contribution in [-0.2, 0) is 4.79 Å². The zero-order valence-corrected chi connectivity index (χ0v) is 15.9. The van der Waals surface area contributed by atoms with Gasteiger partial charge >= 0.3 is 5.97 Å². The first-order valence-corrected chi connectivity index (χ1v) is 8.93. The summed E-state index contributed by atoms with van der Waals surface area (Å²) >= 11 is 0. The Kier molecular flexibility index (Phi) is 5.31. The van der Waals surface area contributed by atoms with Crippen LogP contribution in [0.2, 0.25) is 0 Å². The quantitative estimate of drug-likeness (QED) is 0.441. The molecule has 0 unspecified atom stereocenters. The van der Waals surface area contributed by atoms with Gasteiger partial charge in [0.25, 0.3) is 0 Å². The topological polar surface area (TPSA) is 61.8 Å².